The number of carbonyl (C=O) groups is 3. The Morgan fingerprint density at radius 1 is 0.838 bits per heavy atom. The number of amides is 2. The number of benzene rings is 4. The van der Waals surface area contributed by atoms with Crippen LogP contribution >= 0.6 is 23.2 Å². The maximum absolute atomic E-state index is 12.5. The van der Waals surface area contributed by atoms with E-state index in [2.05, 4.69) is 15.8 Å². The van der Waals surface area contributed by atoms with E-state index in [0.29, 0.717) is 16.3 Å². The highest BCUT2D eigenvalue weighted by Gasteiger charge is 2.16. The molecule has 0 unspecified atom stereocenters. The van der Waals surface area contributed by atoms with Gasteiger partial charge in [-0.05, 0) is 53.4 Å². The summed E-state index contributed by atoms with van der Waals surface area (Å²) in [4.78, 5) is 37.0. The molecule has 8 nitrogen and oxygen atoms in total. The molecule has 4 rings (SSSR count). The number of rotatable bonds is 6. The van der Waals surface area contributed by atoms with Gasteiger partial charge in [0, 0.05) is 11.1 Å². The zero-order valence-electron chi connectivity index (χ0n) is 19.3. The van der Waals surface area contributed by atoms with Gasteiger partial charge in [0.15, 0.2) is 11.5 Å². The summed E-state index contributed by atoms with van der Waals surface area (Å²) in [5, 5.41) is 8.69. The monoisotopic (exact) mass is 535 g/mol. The summed E-state index contributed by atoms with van der Waals surface area (Å²) in [6, 6.07) is 21.9. The van der Waals surface area contributed by atoms with Gasteiger partial charge in [0.2, 0.25) is 0 Å². The van der Waals surface area contributed by atoms with Gasteiger partial charge < -0.3 is 14.8 Å². The molecule has 0 radical (unpaired) electrons. The summed E-state index contributed by atoms with van der Waals surface area (Å²) in [7, 11) is 1.41. The van der Waals surface area contributed by atoms with Crippen LogP contribution in [0.4, 0.5) is 5.69 Å². The number of fused-ring (bicyclic) bond motifs is 1. The van der Waals surface area contributed by atoms with E-state index >= 15 is 0 Å². The lowest BCUT2D eigenvalue weighted by Gasteiger charge is -2.10. The second kappa shape index (κ2) is 11.6. The number of ether oxygens (including phenoxy) is 2. The number of nitrogens with one attached hydrogen (secondary N) is 2. The first kappa shape index (κ1) is 25.7. The summed E-state index contributed by atoms with van der Waals surface area (Å²) in [6.45, 7) is 0. The lowest BCUT2D eigenvalue weighted by Crippen LogP contribution is -2.32. The van der Waals surface area contributed by atoms with Gasteiger partial charge in [-0.25, -0.2) is 10.2 Å². The average Bonchev–Trinajstić information content (AvgIpc) is 2.91. The number of esters is 1. The van der Waals surface area contributed by atoms with Crippen molar-refractivity contribution in [3.05, 3.63) is 100 Å². The maximum atomic E-state index is 12.5. The summed E-state index contributed by atoms with van der Waals surface area (Å²) in [5.41, 5.74) is 3.43. The van der Waals surface area contributed by atoms with Gasteiger partial charge in [-0.1, -0.05) is 59.6 Å². The quantitative estimate of drug-likeness (QED) is 0.112. The van der Waals surface area contributed by atoms with Crippen LogP contribution in [0, 0.1) is 0 Å². The zero-order valence-corrected chi connectivity index (χ0v) is 20.8. The molecule has 0 spiro atoms. The highest BCUT2D eigenvalue weighted by molar-refractivity contribution is 6.42. The Hall–Kier alpha value is -4.40. The van der Waals surface area contributed by atoms with Crippen molar-refractivity contribution in [1.29, 1.82) is 0 Å². The molecule has 0 saturated heterocycles. The maximum Gasteiger partial charge on any atom is 0.343 e. The lowest BCUT2D eigenvalue weighted by atomic mass is 10.1. The SMILES string of the molecule is COc1cc(/C=N/NC(=O)C(=O)Nc2cccc3ccccc23)ccc1OC(=O)c1ccc(Cl)c(Cl)c1. The molecule has 0 bridgehead atoms. The van der Waals surface area contributed by atoms with E-state index in [0.717, 1.165) is 10.8 Å². The molecule has 0 aliphatic carbocycles. The standard InChI is InChI=1S/C27H19Cl2N3O5/c1-36-24-13-16(9-12-23(24)37-27(35)18-10-11-20(28)21(29)14-18)15-30-32-26(34)25(33)31-22-8-4-6-17-5-2-3-7-19(17)22/h2-15H,1H3,(H,31,33)(H,32,34)/b30-15+. The molecule has 0 saturated carbocycles. The van der Waals surface area contributed by atoms with Crippen LogP contribution in [-0.4, -0.2) is 31.1 Å². The lowest BCUT2D eigenvalue weighted by molar-refractivity contribution is -0.136. The van der Waals surface area contributed by atoms with E-state index in [4.69, 9.17) is 32.7 Å². The number of methoxy groups -OCH3 is 1. The molecule has 0 aromatic heterocycles. The minimum atomic E-state index is -0.941. The molecule has 2 amide bonds. The molecule has 0 aliphatic heterocycles. The van der Waals surface area contributed by atoms with Crippen LogP contribution in [0.3, 0.4) is 0 Å². The largest absolute Gasteiger partial charge is 0.493 e. The predicted molar refractivity (Wildman–Crippen MR) is 143 cm³/mol. The number of hydrazone groups is 1. The number of halogens is 2. The van der Waals surface area contributed by atoms with Crippen LogP contribution in [0.5, 0.6) is 11.5 Å². The van der Waals surface area contributed by atoms with E-state index in [1.165, 1.54) is 37.6 Å². The molecule has 4 aromatic carbocycles. The number of anilines is 1. The summed E-state index contributed by atoms with van der Waals surface area (Å²) in [5.74, 6) is -2.05. The van der Waals surface area contributed by atoms with E-state index in [-0.39, 0.29) is 22.1 Å². The second-order valence-corrected chi connectivity index (χ2v) is 8.42. The zero-order chi connectivity index (χ0) is 26.4. The van der Waals surface area contributed by atoms with Gasteiger partial charge in [0.05, 0.1) is 28.9 Å². The second-order valence-electron chi connectivity index (χ2n) is 7.61. The molecule has 0 fully saturated rings. The van der Waals surface area contributed by atoms with Crippen LogP contribution in [0.1, 0.15) is 15.9 Å². The van der Waals surface area contributed by atoms with Gasteiger partial charge in [0.25, 0.3) is 0 Å². The van der Waals surface area contributed by atoms with E-state index in [1.54, 1.807) is 24.3 Å². The minimum Gasteiger partial charge on any atom is -0.493 e. The smallest absolute Gasteiger partial charge is 0.343 e. The molecular weight excluding hydrogens is 517 g/mol. The Morgan fingerprint density at radius 2 is 1.62 bits per heavy atom. The molecule has 37 heavy (non-hydrogen) atoms. The highest BCUT2D eigenvalue weighted by Crippen LogP contribution is 2.29. The minimum absolute atomic E-state index is 0.161. The fourth-order valence-electron chi connectivity index (χ4n) is 3.36. The summed E-state index contributed by atoms with van der Waals surface area (Å²) < 4.78 is 10.7. The van der Waals surface area contributed by atoms with Gasteiger partial charge in [-0.3, -0.25) is 9.59 Å². The van der Waals surface area contributed by atoms with E-state index in [1.807, 2.05) is 30.3 Å². The van der Waals surface area contributed by atoms with Crippen molar-refractivity contribution < 1.29 is 23.9 Å². The van der Waals surface area contributed by atoms with Crippen LogP contribution in [0.2, 0.25) is 10.0 Å². The van der Waals surface area contributed by atoms with E-state index < -0.39 is 17.8 Å². The van der Waals surface area contributed by atoms with Gasteiger partial charge >= 0.3 is 17.8 Å². The Bertz CT molecular complexity index is 1530. The normalized spacial score (nSPS) is 10.8. The summed E-state index contributed by atoms with van der Waals surface area (Å²) >= 11 is 11.8. The van der Waals surface area contributed by atoms with Gasteiger partial charge in [-0.15, -0.1) is 0 Å². The third kappa shape index (κ3) is 6.24. The topological polar surface area (TPSA) is 106 Å². The van der Waals surface area contributed by atoms with Crippen molar-refractivity contribution in [3.63, 3.8) is 0 Å². The molecule has 4 aromatic rings. The van der Waals surface area contributed by atoms with Crippen molar-refractivity contribution >= 4 is 63.7 Å². The van der Waals surface area contributed by atoms with Gasteiger partial charge in [0.1, 0.15) is 0 Å². The fourth-order valence-corrected chi connectivity index (χ4v) is 3.66. The Morgan fingerprint density at radius 3 is 2.41 bits per heavy atom. The molecular formula is C27H19Cl2N3O5. The van der Waals surface area contributed by atoms with Crippen molar-refractivity contribution in [1.82, 2.24) is 5.43 Å². The van der Waals surface area contributed by atoms with E-state index in [9.17, 15) is 14.4 Å². The van der Waals surface area contributed by atoms with Crippen LogP contribution < -0.4 is 20.2 Å². The van der Waals surface area contributed by atoms with Crippen molar-refractivity contribution in [3.8, 4) is 11.5 Å². The van der Waals surface area contributed by atoms with Gasteiger partial charge in [-0.2, -0.15) is 5.10 Å². The Kier molecular flexibility index (Phi) is 8.02. The number of hydrogen-bond donors (Lipinski definition) is 2. The molecule has 0 atom stereocenters. The molecule has 0 aliphatic rings. The first-order chi connectivity index (χ1) is 17.9. The van der Waals surface area contributed by atoms with Crippen molar-refractivity contribution in [2.24, 2.45) is 5.10 Å². The predicted octanol–water partition coefficient (Wildman–Crippen LogP) is 5.46. The molecule has 186 valence electrons. The Labute approximate surface area is 221 Å². The fraction of sp³-hybridized carbons (Fsp3) is 0.0370. The number of carbonyl (C=O) groups excluding carboxylic acids is 3. The first-order valence-electron chi connectivity index (χ1n) is 10.8. The molecule has 0 heterocycles. The van der Waals surface area contributed by atoms with Crippen LogP contribution in [-0.2, 0) is 9.59 Å². The highest BCUT2D eigenvalue weighted by atomic mass is 35.5. The average molecular weight is 536 g/mol. The van der Waals surface area contributed by atoms with Crippen LogP contribution in [0.15, 0.2) is 84.0 Å². The van der Waals surface area contributed by atoms with Crippen molar-refractivity contribution in [2.75, 3.05) is 12.4 Å². The third-order valence-electron chi connectivity index (χ3n) is 5.17. The van der Waals surface area contributed by atoms with Crippen LogP contribution in [0.25, 0.3) is 10.8 Å². The summed E-state index contributed by atoms with van der Waals surface area (Å²) in [6.07, 6.45) is 1.32. The Balaban J connectivity index is 1.38. The first-order valence-corrected chi connectivity index (χ1v) is 11.6. The molecule has 10 heteroatoms. The number of nitrogens with zero attached hydrogens (tertiary/aromatic N) is 1. The number of hydrogen-bond acceptors (Lipinski definition) is 6. The molecule has 2 N–H and O–H groups in total. The van der Waals surface area contributed by atoms with Crippen molar-refractivity contribution in [2.45, 2.75) is 0 Å². The third-order valence-corrected chi connectivity index (χ3v) is 5.91.